The van der Waals surface area contributed by atoms with Crippen LogP contribution in [-0.4, -0.2) is 11.1 Å². The van der Waals surface area contributed by atoms with E-state index in [-0.39, 0.29) is 22.4 Å². The summed E-state index contributed by atoms with van der Waals surface area (Å²) in [6.07, 6.45) is 2.67. The lowest BCUT2D eigenvalue weighted by molar-refractivity contribution is -0.00761. The van der Waals surface area contributed by atoms with Crippen LogP contribution < -0.4 is 9.80 Å². The van der Waals surface area contributed by atoms with Crippen LogP contribution in [0.4, 0.5) is 22.9 Å². The molecular formula is C30H35N3. The maximum atomic E-state index is 5.14. The molecule has 1 saturated carbocycles. The first-order valence-electron chi connectivity index (χ1n) is 12.3. The second-order valence-corrected chi connectivity index (χ2v) is 11.9. The number of para-hydroxylation sites is 1. The summed E-state index contributed by atoms with van der Waals surface area (Å²) < 4.78 is 0. The molecule has 3 aromatic rings. The van der Waals surface area contributed by atoms with Gasteiger partial charge in [-0.2, -0.15) is 0 Å². The van der Waals surface area contributed by atoms with Gasteiger partial charge in [-0.25, -0.2) is 4.98 Å². The van der Waals surface area contributed by atoms with E-state index in [2.05, 4.69) is 113 Å². The summed E-state index contributed by atoms with van der Waals surface area (Å²) in [4.78, 5) is 10.3. The molecule has 1 aliphatic carbocycles. The molecule has 6 rings (SSSR count). The highest BCUT2D eigenvalue weighted by Gasteiger charge is 2.66. The van der Waals surface area contributed by atoms with Crippen LogP contribution in [0.5, 0.6) is 0 Å². The molecule has 0 N–H and O–H groups in total. The van der Waals surface area contributed by atoms with Gasteiger partial charge in [-0.05, 0) is 73.1 Å². The molecule has 3 heterocycles. The Morgan fingerprint density at radius 3 is 2.27 bits per heavy atom. The summed E-state index contributed by atoms with van der Waals surface area (Å²) in [6, 6.07) is 20.5. The first-order chi connectivity index (χ1) is 15.6. The van der Waals surface area contributed by atoms with Crippen molar-refractivity contribution in [3.63, 3.8) is 0 Å². The highest BCUT2D eigenvalue weighted by Crippen LogP contribution is 2.70. The summed E-state index contributed by atoms with van der Waals surface area (Å²) in [5.74, 6) is 1.10. The molecule has 3 nitrogen and oxygen atoms in total. The van der Waals surface area contributed by atoms with Gasteiger partial charge in [0.1, 0.15) is 6.17 Å². The Morgan fingerprint density at radius 2 is 1.61 bits per heavy atom. The average molecular weight is 438 g/mol. The highest BCUT2D eigenvalue weighted by atomic mass is 15.5. The molecule has 3 heteroatoms. The number of nitrogens with zero attached hydrogens (tertiary/aromatic N) is 3. The van der Waals surface area contributed by atoms with Crippen molar-refractivity contribution in [3.05, 3.63) is 77.0 Å². The van der Waals surface area contributed by atoms with Gasteiger partial charge in [-0.3, -0.25) is 0 Å². The zero-order valence-electron chi connectivity index (χ0n) is 21.0. The Bertz CT molecular complexity index is 1290. The van der Waals surface area contributed by atoms with Crippen molar-refractivity contribution in [2.45, 2.75) is 78.3 Å². The standard InChI is InChI=1S/C30H35N3/c1-19-10-8-9-11-23(19)33-26-24(15-12-20(2)31-26)32-25-18-21(28(3,4)5)13-14-22(25)29(6)16-17-30(29,7)27(32)33/h8-15,18,27H,16-17H2,1-7H3. The molecule has 170 valence electrons. The van der Waals surface area contributed by atoms with Gasteiger partial charge < -0.3 is 9.80 Å². The molecular weight excluding hydrogens is 402 g/mol. The predicted molar refractivity (Wildman–Crippen MR) is 138 cm³/mol. The number of fused-ring (bicyclic) bond motifs is 8. The van der Waals surface area contributed by atoms with Gasteiger partial charge in [-0.1, -0.05) is 65.0 Å². The third-order valence-corrected chi connectivity index (χ3v) is 9.04. The Labute approximate surface area is 198 Å². The normalized spacial score (nSPS) is 27.4. The van der Waals surface area contributed by atoms with E-state index in [1.165, 1.54) is 46.6 Å². The average Bonchev–Trinajstić information content (AvgIpc) is 3.10. The molecule has 3 atom stereocenters. The van der Waals surface area contributed by atoms with E-state index < -0.39 is 0 Å². The number of hydrogen-bond donors (Lipinski definition) is 0. The number of aromatic nitrogens is 1. The molecule has 2 aliphatic heterocycles. The first kappa shape index (κ1) is 20.8. The Morgan fingerprint density at radius 1 is 0.848 bits per heavy atom. The van der Waals surface area contributed by atoms with Crippen molar-refractivity contribution >= 4 is 22.9 Å². The minimum absolute atomic E-state index is 0.107. The third-order valence-electron chi connectivity index (χ3n) is 9.04. The second kappa shape index (κ2) is 6.40. The van der Waals surface area contributed by atoms with Crippen LogP contribution in [0.15, 0.2) is 54.6 Å². The van der Waals surface area contributed by atoms with Crippen molar-refractivity contribution in [2.24, 2.45) is 5.41 Å². The molecule has 1 fully saturated rings. The van der Waals surface area contributed by atoms with Gasteiger partial charge in [0.25, 0.3) is 0 Å². The van der Waals surface area contributed by atoms with Crippen LogP contribution in [0.3, 0.4) is 0 Å². The molecule has 1 aromatic heterocycles. The van der Waals surface area contributed by atoms with Gasteiger partial charge in [0.15, 0.2) is 5.82 Å². The van der Waals surface area contributed by atoms with E-state index in [1.54, 1.807) is 0 Å². The van der Waals surface area contributed by atoms with E-state index in [1.807, 2.05) is 0 Å². The molecule has 3 aliphatic rings. The molecule has 0 bridgehead atoms. The quantitative estimate of drug-likeness (QED) is 0.389. The number of anilines is 4. The highest BCUT2D eigenvalue weighted by molar-refractivity contribution is 5.90. The molecule has 0 radical (unpaired) electrons. The van der Waals surface area contributed by atoms with Crippen LogP contribution in [0, 0.1) is 19.3 Å². The summed E-state index contributed by atoms with van der Waals surface area (Å²) >= 11 is 0. The topological polar surface area (TPSA) is 19.4 Å². The molecule has 33 heavy (non-hydrogen) atoms. The maximum absolute atomic E-state index is 5.14. The summed E-state index contributed by atoms with van der Waals surface area (Å²) in [6.45, 7) is 16.3. The van der Waals surface area contributed by atoms with Crippen LogP contribution in [0.25, 0.3) is 0 Å². The van der Waals surface area contributed by atoms with Crippen molar-refractivity contribution in [1.29, 1.82) is 0 Å². The maximum Gasteiger partial charge on any atom is 0.159 e. The summed E-state index contributed by atoms with van der Waals surface area (Å²) in [5, 5.41) is 0. The molecule has 2 aromatic carbocycles. The van der Waals surface area contributed by atoms with E-state index >= 15 is 0 Å². The zero-order valence-corrected chi connectivity index (χ0v) is 21.0. The van der Waals surface area contributed by atoms with Crippen molar-refractivity contribution in [1.82, 2.24) is 4.98 Å². The van der Waals surface area contributed by atoms with Gasteiger partial charge in [0.2, 0.25) is 0 Å². The van der Waals surface area contributed by atoms with Gasteiger partial charge in [0.05, 0.1) is 5.69 Å². The lowest BCUT2D eigenvalue weighted by atomic mass is 9.45. The number of aryl methyl sites for hydroxylation is 2. The summed E-state index contributed by atoms with van der Waals surface area (Å²) in [5.41, 5.74) is 9.51. The number of pyridine rings is 1. The van der Waals surface area contributed by atoms with Crippen molar-refractivity contribution in [2.75, 3.05) is 9.80 Å². The minimum atomic E-state index is 0.107. The monoisotopic (exact) mass is 437 g/mol. The van der Waals surface area contributed by atoms with Crippen molar-refractivity contribution < 1.29 is 0 Å². The minimum Gasteiger partial charge on any atom is -0.316 e. The SMILES string of the molecule is Cc1ccc2c(n1)N(c1ccccc1C)C1N2c2cc(C(C)(C)C)ccc2C2(C)CCC12C. The first-order valence-corrected chi connectivity index (χ1v) is 12.3. The Balaban J connectivity index is 1.68. The fraction of sp³-hybridized carbons (Fsp3) is 0.433. The predicted octanol–water partition coefficient (Wildman–Crippen LogP) is 7.68. The number of benzene rings is 2. The van der Waals surface area contributed by atoms with E-state index in [0.29, 0.717) is 0 Å². The van der Waals surface area contributed by atoms with Crippen LogP contribution in [-0.2, 0) is 10.8 Å². The van der Waals surface area contributed by atoms with Crippen LogP contribution in [0.2, 0.25) is 0 Å². The number of rotatable bonds is 1. The largest absolute Gasteiger partial charge is 0.316 e. The lowest BCUT2D eigenvalue weighted by Gasteiger charge is -2.66. The van der Waals surface area contributed by atoms with Crippen molar-refractivity contribution in [3.8, 4) is 0 Å². The Kier molecular flexibility index (Phi) is 4.03. The van der Waals surface area contributed by atoms with E-state index in [0.717, 1.165) is 11.5 Å². The third kappa shape index (κ3) is 2.54. The van der Waals surface area contributed by atoms with E-state index in [9.17, 15) is 0 Å². The Hall–Kier alpha value is -2.81. The van der Waals surface area contributed by atoms with Gasteiger partial charge in [0, 0.05) is 27.9 Å². The van der Waals surface area contributed by atoms with Crippen LogP contribution >= 0.6 is 0 Å². The molecule has 3 unspecified atom stereocenters. The van der Waals surface area contributed by atoms with E-state index in [4.69, 9.17) is 4.98 Å². The number of hydrogen-bond acceptors (Lipinski definition) is 3. The van der Waals surface area contributed by atoms with Gasteiger partial charge >= 0.3 is 0 Å². The van der Waals surface area contributed by atoms with Crippen LogP contribution in [0.1, 0.15) is 69.8 Å². The van der Waals surface area contributed by atoms with Gasteiger partial charge in [-0.15, -0.1) is 0 Å². The smallest absolute Gasteiger partial charge is 0.159 e. The fourth-order valence-electron chi connectivity index (χ4n) is 6.59. The molecule has 0 spiro atoms. The summed E-state index contributed by atoms with van der Waals surface area (Å²) in [7, 11) is 0. The lowest BCUT2D eigenvalue weighted by Crippen LogP contribution is -2.67. The zero-order chi connectivity index (χ0) is 23.3. The molecule has 0 saturated heterocycles. The second-order valence-electron chi connectivity index (χ2n) is 11.9. The molecule has 0 amide bonds. The fourth-order valence-corrected chi connectivity index (χ4v) is 6.59.